The summed E-state index contributed by atoms with van der Waals surface area (Å²) >= 11 is 0. The van der Waals surface area contributed by atoms with E-state index in [1.807, 2.05) is 0 Å². The molecule has 0 radical (unpaired) electrons. The fourth-order valence-corrected chi connectivity index (χ4v) is 2.66. The third-order valence-electron chi connectivity index (χ3n) is 3.60. The van der Waals surface area contributed by atoms with Gasteiger partial charge in [-0.25, -0.2) is 27.1 Å². The summed E-state index contributed by atoms with van der Waals surface area (Å²) in [7, 11) is -2.76. The first-order valence-electron chi connectivity index (χ1n) is 7.56. The van der Waals surface area contributed by atoms with E-state index in [2.05, 4.69) is 0 Å². The number of nitrogens with two attached hydrogens (primary N) is 1. The van der Waals surface area contributed by atoms with Crippen molar-refractivity contribution < 1.29 is 31.5 Å². The molecular weight excluding hydrogens is 382 g/mol. The number of halogens is 2. The van der Waals surface area contributed by atoms with E-state index in [-0.39, 0.29) is 12.1 Å². The number of hydrogen-bond donors (Lipinski definition) is 1. The number of carbonyl (C=O) groups is 2. The number of amides is 1. The van der Waals surface area contributed by atoms with Gasteiger partial charge in [0.2, 0.25) is 10.0 Å². The summed E-state index contributed by atoms with van der Waals surface area (Å²) in [6, 6.07) is 8.23. The molecule has 1 amide bonds. The van der Waals surface area contributed by atoms with Crippen LogP contribution in [0, 0.1) is 11.6 Å². The van der Waals surface area contributed by atoms with Crippen LogP contribution in [0.4, 0.5) is 8.78 Å². The fourth-order valence-electron chi connectivity index (χ4n) is 2.12. The van der Waals surface area contributed by atoms with E-state index in [0.717, 1.165) is 23.1 Å². The number of nitrogens with zero attached hydrogens (tertiary/aromatic N) is 1. The summed E-state index contributed by atoms with van der Waals surface area (Å²) in [4.78, 5) is 24.6. The molecule has 0 aliphatic carbocycles. The smallest absolute Gasteiger partial charge is 0.341 e. The molecule has 0 aliphatic heterocycles. The number of primary sulfonamides is 1. The van der Waals surface area contributed by atoms with Gasteiger partial charge in [-0.05, 0) is 24.3 Å². The lowest BCUT2D eigenvalue weighted by Gasteiger charge is -2.17. The Morgan fingerprint density at radius 1 is 1.11 bits per heavy atom. The molecule has 0 bridgehead atoms. The fraction of sp³-hybridized carbons (Fsp3) is 0.176. The summed E-state index contributed by atoms with van der Waals surface area (Å²) in [5.74, 6) is -3.41. The van der Waals surface area contributed by atoms with E-state index in [0.29, 0.717) is 0 Å². The summed E-state index contributed by atoms with van der Waals surface area (Å²) in [6.07, 6.45) is 0. The van der Waals surface area contributed by atoms with Crippen molar-refractivity contribution in [1.29, 1.82) is 0 Å². The van der Waals surface area contributed by atoms with E-state index in [1.165, 1.54) is 25.2 Å². The molecule has 27 heavy (non-hydrogen) atoms. The maximum Gasteiger partial charge on any atom is 0.341 e. The number of carbonyl (C=O) groups excluding carboxylic acids is 2. The third kappa shape index (κ3) is 5.31. The number of benzene rings is 2. The van der Waals surface area contributed by atoms with E-state index in [1.54, 1.807) is 6.07 Å². The normalized spacial score (nSPS) is 11.1. The van der Waals surface area contributed by atoms with Gasteiger partial charge in [0.1, 0.15) is 11.6 Å². The highest BCUT2D eigenvalue weighted by Crippen LogP contribution is 2.15. The topological polar surface area (TPSA) is 107 Å². The molecule has 7 nitrogen and oxygen atoms in total. The Balaban J connectivity index is 2.03. The molecule has 0 spiro atoms. The number of esters is 1. The standard InChI is InChI=1S/C17H16F2N2O5S/c1-21(9-11-4-2-3-5-14(11)18)16(22)10-26-17(23)13-8-12(27(20,24)25)6-7-15(13)19/h2-8H,9-10H2,1H3,(H2,20,24,25). The zero-order chi connectivity index (χ0) is 20.2. The van der Waals surface area contributed by atoms with Crippen molar-refractivity contribution in [3.05, 3.63) is 65.2 Å². The minimum absolute atomic E-state index is 0.0572. The monoisotopic (exact) mass is 398 g/mol. The lowest BCUT2D eigenvalue weighted by molar-refractivity contribution is -0.133. The SMILES string of the molecule is CN(Cc1ccccc1F)C(=O)COC(=O)c1cc(S(N)(=O)=O)ccc1F. The Labute approximate surface area is 154 Å². The van der Waals surface area contributed by atoms with Gasteiger partial charge < -0.3 is 9.64 Å². The molecule has 0 fully saturated rings. The van der Waals surface area contributed by atoms with Crippen LogP contribution in [0.25, 0.3) is 0 Å². The molecule has 2 N–H and O–H groups in total. The van der Waals surface area contributed by atoms with Gasteiger partial charge in [-0.1, -0.05) is 18.2 Å². The average molecular weight is 398 g/mol. The van der Waals surface area contributed by atoms with Gasteiger partial charge in [0.05, 0.1) is 10.5 Å². The van der Waals surface area contributed by atoms with Gasteiger partial charge in [-0.15, -0.1) is 0 Å². The quantitative estimate of drug-likeness (QED) is 0.741. The van der Waals surface area contributed by atoms with E-state index >= 15 is 0 Å². The zero-order valence-electron chi connectivity index (χ0n) is 14.2. The molecule has 10 heteroatoms. The van der Waals surface area contributed by atoms with Crippen LogP contribution < -0.4 is 5.14 Å². The number of rotatable bonds is 6. The van der Waals surface area contributed by atoms with E-state index < -0.39 is 50.6 Å². The third-order valence-corrected chi connectivity index (χ3v) is 4.52. The lowest BCUT2D eigenvalue weighted by atomic mass is 10.2. The average Bonchev–Trinajstić information content (AvgIpc) is 2.60. The first-order chi connectivity index (χ1) is 12.6. The van der Waals surface area contributed by atoms with Gasteiger partial charge in [-0.2, -0.15) is 0 Å². The molecule has 0 saturated heterocycles. The van der Waals surface area contributed by atoms with Crippen LogP contribution in [-0.4, -0.2) is 38.8 Å². The Bertz CT molecular complexity index is 979. The van der Waals surface area contributed by atoms with Crippen LogP contribution in [0.15, 0.2) is 47.4 Å². The van der Waals surface area contributed by atoms with Gasteiger partial charge >= 0.3 is 5.97 Å². The Kier molecular flexibility index (Phi) is 6.24. The molecule has 0 heterocycles. The predicted octanol–water partition coefficient (Wildman–Crippen LogP) is 1.43. The highest BCUT2D eigenvalue weighted by molar-refractivity contribution is 7.89. The van der Waals surface area contributed by atoms with Crippen molar-refractivity contribution in [1.82, 2.24) is 4.90 Å². The molecule has 2 aromatic rings. The Hall–Kier alpha value is -2.85. The second kappa shape index (κ2) is 8.23. The zero-order valence-corrected chi connectivity index (χ0v) is 15.0. The van der Waals surface area contributed by atoms with Crippen molar-refractivity contribution in [2.75, 3.05) is 13.7 Å². The molecule has 2 rings (SSSR count). The number of hydrogen-bond acceptors (Lipinski definition) is 5. The van der Waals surface area contributed by atoms with Crippen molar-refractivity contribution in [2.24, 2.45) is 5.14 Å². The summed E-state index contributed by atoms with van der Waals surface area (Å²) in [5, 5.41) is 4.93. The van der Waals surface area contributed by atoms with Crippen LogP contribution in [-0.2, 0) is 26.1 Å². The van der Waals surface area contributed by atoms with Crippen LogP contribution >= 0.6 is 0 Å². The number of sulfonamides is 1. The van der Waals surface area contributed by atoms with Gasteiger partial charge in [0, 0.05) is 19.2 Å². The van der Waals surface area contributed by atoms with Crippen molar-refractivity contribution in [3.63, 3.8) is 0 Å². The summed E-state index contributed by atoms with van der Waals surface area (Å²) < 4.78 is 54.7. The maximum absolute atomic E-state index is 13.7. The summed E-state index contributed by atoms with van der Waals surface area (Å²) in [5.41, 5.74) is -0.405. The second-order valence-corrected chi connectivity index (χ2v) is 7.17. The van der Waals surface area contributed by atoms with Crippen LogP contribution in [0.3, 0.4) is 0 Å². The van der Waals surface area contributed by atoms with Crippen LogP contribution in [0.5, 0.6) is 0 Å². The van der Waals surface area contributed by atoms with Crippen molar-refractivity contribution in [3.8, 4) is 0 Å². The molecule has 0 saturated carbocycles. The number of likely N-dealkylation sites (N-methyl/N-ethyl adjacent to an activating group) is 1. The predicted molar refractivity (Wildman–Crippen MR) is 90.9 cm³/mol. The molecule has 0 aliphatic rings. The minimum Gasteiger partial charge on any atom is -0.452 e. The molecule has 0 aromatic heterocycles. The minimum atomic E-state index is -4.14. The van der Waals surface area contributed by atoms with Crippen LogP contribution in [0.1, 0.15) is 15.9 Å². The van der Waals surface area contributed by atoms with Crippen molar-refractivity contribution in [2.45, 2.75) is 11.4 Å². The molecule has 144 valence electrons. The van der Waals surface area contributed by atoms with Gasteiger partial charge in [0.15, 0.2) is 6.61 Å². The molecule has 2 aromatic carbocycles. The van der Waals surface area contributed by atoms with Crippen molar-refractivity contribution >= 4 is 21.9 Å². The first kappa shape index (κ1) is 20.5. The first-order valence-corrected chi connectivity index (χ1v) is 9.11. The Morgan fingerprint density at radius 3 is 2.41 bits per heavy atom. The largest absolute Gasteiger partial charge is 0.452 e. The van der Waals surface area contributed by atoms with E-state index in [4.69, 9.17) is 9.88 Å². The molecular formula is C17H16F2N2O5S. The highest BCUT2D eigenvalue weighted by atomic mass is 32.2. The second-order valence-electron chi connectivity index (χ2n) is 5.60. The maximum atomic E-state index is 13.7. The van der Waals surface area contributed by atoms with Crippen LogP contribution in [0.2, 0.25) is 0 Å². The number of ether oxygens (including phenoxy) is 1. The lowest BCUT2D eigenvalue weighted by Crippen LogP contribution is -2.31. The van der Waals surface area contributed by atoms with Gasteiger partial charge in [0.25, 0.3) is 5.91 Å². The summed E-state index contributed by atoms with van der Waals surface area (Å²) in [6.45, 7) is -0.791. The Morgan fingerprint density at radius 2 is 1.78 bits per heavy atom. The van der Waals surface area contributed by atoms with Gasteiger partial charge in [-0.3, -0.25) is 4.79 Å². The van der Waals surface area contributed by atoms with E-state index in [9.17, 15) is 26.8 Å². The highest BCUT2D eigenvalue weighted by Gasteiger charge is 2.20. The molecule has 0 unspecified atom stereocenters. The molecule has 0 atom stereocenters.